The molecule has 1 unspecified atom stereocenters. The largest absolute Gasteiger partial charge is 0.444 e. The maximum Gasteiger partial charge on any atom is 0.412 e. The molecule has 1 amide bonds. The molecule has 3 aromatic rings. The molecule has 206 valence electrons. The first-order valence-electron chi connectivity index (χ1n) is 12.6. The van der Waals surface area contributed by atoms with Crippen molar-refractivity contribution in [3.8, 4) is 0 Å². The molecule has 0 radical (unpaired) electrons. The molecule has 11 heteroatoms. The summed E-state index contributed by atoms with van der Waals surface area (Å²) in [5.41, 5.74) is 1.49. The smallest absolute Gasteiger partial charge is 0.412 e. The van der Waals surface area contributed by atoms with Crippen LogP contribution < -0.4 is 15.6 Å². The van der Waals surface area contributed by atoms with E-state index in [1.165, 1.54) is 13.1 Å². The number of nitrogens with one attached hydrogen (secondary N) is 2. The van der Waals surface area contributed by atoms with Crippen LogP contribution in [0.3, 0.4) is 0 Å². The van der Waals surface area contributed by atoms with Crippen molar-refractivity contribution >= 4 is 40.7 Å². The van der Waals surface area contributed by atoms with E-state index in [-0.39, 0.29) is 5.78 Å². The summed E-state index contributed by atoms with van der Waals surface area (Å²) >= 11 is 0. The fourth-order valence-electron chi connectivity index (χ4n) is 3.97. The van der Waals surface area contributed by atoms with E-state index in [0.717, 1.165) is 5.69 Å². The number of hydrogen-bond donors (Lipinski definition) is 2. The van der Waals surface area contributed by atoms with E-state index in [2.05, 4.69) is 15.6 Å². The van der Waals surface area contributed by atoms with Gasteiger partial charge in [-0.15, -0.1) is 0 Å². The van der Waals surface area contributed by atoms with E-state index in [0.29, 0.717) is 48.4 Å². The molecule has 0 saturated carbocycles. The maximum atomic E-state index is 12.5. The summed E-state index contributed by atoms with van der Waals surface area (Å²) in [6, 6.07) is 16.8. The molecule has 2 aromatic carbocycles. The molecule has 4 rings (SSSR count). The molecular formula is C28H34N6O5. The van der Waals surface area contributed by atoms with Crippen molar-refractivity contribution in [3.63, 3.8) is 0 Å². The zero-order valence-corrected chi connectivity index (χ0v) is 22.8. The third kappa shape index (κ3) is 7.29. The second kappa shape index (κ2) is 12.2. The molecule has 1 aliphatic rings. The lowest BCUT2D eigenvalue weighted by molar-refractivity contribution is -0.164. The second-order valence-corrected chi connectivity index (χ2v) is 9.88. The average molecular weight is 535 g/mol. The first kappa shape index (κ1) is 28.0. The van der Waals surface area contributed by atoms with Gasteiger partial charge in [-0.05, 0) is 52.0 Å². The third-order valence-corrected chi connectivity index (χ3v) is 5.72. The minimum atomic E-state index is -0.655. The molecule has 1 saturated heterocycles. The normalized spacial score (nSPS) is 15.9. The number of methoxy groups -OCH3 is 1. The number of benzene rings is 2. The topological polar surface area (TPSA) is 118 Å². The minimum absolute atomic E-state index is 0.210. The van der Waals surface area contributed by atoms with Crippen molar-refractivity contribution < 1.29 is 23.8 Å². The fraction of sp³-hybridized carbons (Fsp3) is 0.357. The lowest BCUT2D eigenvalue weighted by Gasteiger charge is -2.39. The number of Topliss-reactive ketones (excluding diaryl/α,β-unsaturated/α-hetero) is 1. The van der Waals surface area contributed by atoms with Gasteiger partial charge in [0.1, 0.15) is 11.4 Å². The quantitative estimate of drug-likeness (QED) is 0.377. The number of morpholine rings is 1. The predicted molar refractivity (Wildman–Crippen MR) is 149 cm³/mol. The predicted octanol–water partition coefficient (Wildman–Crippen LogP) is 5.13. The van der Waals surface area contributed by atoms with Crippen LogP contribution in [0.2, 0.25) is 0 Å². The summed E-state index contributed by atoms with van der Waals surface area (Å²) in [6.07, 6.45) is 0.494. The Labute approximate surface area is 228 Å². The Balaban J connectivity index is 1.71. The van der Waals surface area contributed by atoms with Gasteiger partial charge in [-0.3, -0.25) is 10.1 Å². The van der Waals surface area contributed by atoms with Crippen LogP contribution >= 0.6 is 0 Å². The SMILES string of the molecule is COC1CN(N(c2ccccc2)c2ncc(C(C)=O)c(Nc3ccccc3NC(=O)OC(C)(C)C)n2)CCO1. The summed E-state index contributed by atoms with van der Waals surface area (Å²) < 4.78 is 16.5. The molecule has 1 aliphatic heterocycles. The Morgan fingerprint density at radius 2 is 1.77 bits per heavy atom. The minimum Gasteiger partial charge on any atom is -0.444 e. The van der Waals surface area contributed by atoms with Gasteiger partial charge in [0, 0.05) is 19.9 Å². The van der Waals surface area contributed by atoms with Gasteiger partial charge in [0.15, 0.2) is 12.1 Å². The van der Waals surface area contributed by atoms with Gasteiger partial charge >= 0.3 is 6.09 Å². The summed E-state index contributed by atoms with van der Waals surface area (Å²) in [5.74, 6) is 0.435. The molecule has 1 fully saturated rings. The summed E-state index contributed by atoms with van der Waals surface area (Å²) in [5, 5.41) is 9.91. The molecule has 2 N–H and O–H groups in total. The highest BCUT2D eigenvalue weighted by molar-refractivity contribution is 6.00. The molecule has 0 aliphatic carbocycles. The number of hydrogen-bond acceptors (Lipinski definition) is 10. The molecule has 0 spiro atoms. The lowest BCUT2D eigenvalue weighted by Crippen LogP contribution is -2.51. The Hall–Kier alpha value is -4.06. The van der Waals surface area contributed by atoms with Gasteiger partial charge < -0.3 is 19.5 Å². The Morgan fingerprint density at radius 1 is 1.08 bits per heavy atom. The van der Waals surface area contributed by atoms with Gasteiger partial charge in [0.25, 0.3) is 0 Å². The van der Waals surface area contributed by atoms with E-state index in [1.807, 2.05) is 46.4 Å². The van der Waals surface area contributed by atoms with Crippen molar-refractivity contribution in [1.82, 2.24) is 15.0 Å². The number of carbonyl (C=O) groups excluding carboxylic acids is 2. The van der Waals surface area contributed by atoms with E-state index >= 15 is 0 Å². The summed E-state index contributed by atoms with van der Waals surface area (Å²) in [7, 11) is 1.60. The highest BCUT2D eigenvalue weighted by Crippen LogP contribution is 2.31. The summed E-state index contributed by atoms with van der Waals surface area (Å²) in [4.78, 5) is 34.3. The van der Waals surface area contributed by atoms with Crippen molar-refractivity contribution in [2.45, 2.75) is 39.6 Å². The van der Waals surface area contributed by atoms with E-state index in [4.69, 9.17) is 19.2 Å². The van der Waals surface area contributed by atoms with Gasteiger partial charge in [-0.1, -0.05) is 30.3 Å². The van der Waals surface area contributed by atoms with Gasteiger partial charge in [0.05, 0.1) is 35.8 Å². The third-order valence-electron chi connectivity index (χ3n) is 5.72. The van der Waals surface area contributed by atoms with E-state index in [1.54, 1.807) is 46.1 Å². The Morgan fingerprint density at radius 3 is 2.44 bits per heavy atom. The Kier molecular flexibility index (Phi) is 8.75. The number of anilines is 5. The number of para-hydroxylation sites is 3. The number of ether oxygens (including phenoxy) is 3. The van der Waals surface area contributed by atoms with Crippen molar-refractivity contribution in [3.05, 3.63) is 66.4 Å². The number of rotatable bonds is 8. The number of ketones is 1. The number of nitrogens with zero attached hydrogens (tertiary/aromatic N) is 4. The number of aromatic nitrogens is 2. The summed E-state index contributed by atoms with van der Waals surface area (Å²) in [6.45, 7) is 8.32. The van der Waals surface area contributed by atoms with Gasteiger partial charge in [-0.2, -0.15) is 4.98 Å². The van der Waals surface area contributed by atoms with Crippen molar-refractivity contribution in [2.24, 2.45) is 0 Å². The second-order valence-electron chi connectivity index (χ2n) is 9.88. The number of carbonyl (C=O) groups is 2. The van der Waals surface area contributed by atoms with Gasteiger partial charge in [0.2, 0.25) is 5.95 Å². The average Bonchev–Trinajstić information content (AvgIpc) is 2.90. The standard InChI is InChI=1S/C28H34N6O5/c1-19(35)21-17-29-26(34(20-11-7-6-8-12-20)33-15-16-38-24(18-33)37-5)32-25(21)30-22-13-9-10-14-23(22)31-27(36)39-28(2,3)4/h6-14,17,24H,15-16,18H2,1-5H3,(H,31,36)(H,29,30,32). The van der Waals surface area contributed by atoms with Crippen LogP contribution in [0.4, 0.5) is 33.6 Å². The number of amides is 1. The van der Waals surface area contributed by atoms with Crippen LogP contribution in [0.5, 0.6) is 0 Å². The van der Waals surface area contributed by atoms with Crippen LogP contribution in [-0.2, 0) is 14.2 Å². The lowest BCUT2D eigenvalue weighted by atomic mass is 10.2. The monoisotopic (exact) mass is 534 g/mol. The van der Waals surface area contributed by atoms with Gasteiger partial charge in [-0.25, -0.2) is 19.8 Å². The van der Waals surface area contributed by atoms with Crippen LogP contribution in [0.1, 0.15) is 38.1 Å². The molecule has 11 nitrogen and oxygen atoms in total. The zero-order valence-electron chi connectivity index (χ0n) is 22.8. The van der Waals surface area contributed by atoms with E-state index in [9.17, 15) is 9.59 Å². The zero-order chi connectivity index (χ0) is 28.0. The first-order chi connectivity index (χ1) is 18.6. The van der Waals surface area contributed by atoms with Crippen LogP contribution in [-0.4, -0.2) is 65.6 Å². The first-order valence-corrected chi connectivity index (χ1v) is 12.6. The molecular weight excluding hydrogens is 500 g/mol. The Bertz CT molecular complexity index is 1300. The highest BCUT2D eigenvalue weighted by atomic mass is 16.7. The van der Waals surface area contributed by atoms with Crippen molar-refractivity contribution in [2.75, 3.05) is 42.4 Å². The molecule has 0 bridgehead atoms. The van der Waals surface area contributed by atoms with E-state index < -0.39 is 18.0 Å². The molecule has 39 heavy (non-hydrogen) atoms. The maximum absolute atomic E-state index is 12.5. The van der Waals surface area contributed by atoms with Crippen LogP contribution in [0.25, 0.3) is 0 Å². The van der Waals surface area contributed by atoms with Crippen molar-refractivity contribution in [1.29, 1.82) is 0 Å². The molecule has 1 atom stereocenters. The highest BCUT2D eigenvalue weighted by Gasteiger charge is 2.29. The van der Waals surface area contributed by atoms with Crippen LogP contribution in [0, 0.1) is 0 Å². The molecule has 2 heterocycles. The number of hydrazine groups is 1. The van der Waals surface area contributed by atoms with Crippen LogP contribution in [0.15, 0.2) is 60.8 Å². The fourth-order valence-corrected chi connectivity index (χ4v) is 3.97. The molecule has 1 aromatic heterocycles.